The average Bonchev–Trinajstić information content (AvgIpc) is 3.27. The smallest absolute Gasteiger partial charge is 0.406 e. The van der Waals surface area contributed by atoms with Gasteiger partial charge >= 0.3 is 6.36 Å². The predicted octanol–water partition coefficient (Wildman–Crippen LogP) is 1.75. The molecule has 0 unspecified atom stereocenters. The minimum absolute atomic E-state index is 0.206. The highest BCUT2D eigenvalue weighted by atomic mass is 19.4. The Labute approximate surface area is 211 Å². The van der Waals surface area contributed by atoms with Crippen molar-refractivity contribution >= 4 is 17.7 Å². The monoisotopic (exact) mass is 517 g/mol. The average molecular weight is 518 g/mol. The second-order valence-electron chi connectivity index (χ2n) is 9.19. The Morgan fingerprint density at radius 1 is 1.24 bits per heavy atom. The van der Waals surface area contributed by atoms with Gasteiger partial charge in [-0.05, 0) is 55.4 Å². The summed E-state index contributed by atoms with van der Waals surface area (Å²) < 4.78 is 42.9. The number of halogens is 3. The van der Waals surface area contributed by atoms with Crippen molar-refractivity contribution in [3.05, 3.63) is 47.8 Å². The first-order valence-corrected chi connectivity index (χ1v) is 11.7. The number of nitrogens with zero attached hydrogens (tertiary/aromatic N) is 3. The van der Waals surface area contributed by atoms with Crippen LogP contribution < -0.4 is 15.8 Å². The SMILES string of the molecule is Cn1ccc(C#C[C@H](CC(N)=O)NC(=O)[C@@H]2CCCN2C(=O)C2(c3ccc(OC(F)(F)F)cc3)CC2)n1. The van der Waals surface area contributed by atoms with Crippen molar-refractivity contribution in [1.29, 1.82) is 0 Å². The molecule has 3 amide bonds. The molecule has 2 aliphatic rings. The van der Waals surface area contributed by atoms with Gasteiger partial charge in [0.2, 0.25) is 17.7 Å². The van der Waals surface area contributed by atoms with Gasteiger partial charge in [0.05, 0.1) is 17.9 Å². The van der Waals surface area contributed by atoms with Gasteiger partial charge in [0.1, 0.15) is 17.5 Å². The maximum atomic E-state index is 13.6. The number of hydrogen-bond acceptors (Lipinski definition) is 5. The van der Waals surface area contributed by atoms with Gasteiger partial charge in [-0.1, -0.05) is 18.1 Å². The number of primary amides is 1. The number of aryl methyl sites for hydroxylation is 1. The van der Waals surface area contributed by atoms with E-state index in [1.165, 1.54) is 29.2 Å². The summed E-state index contributed by atoms with van der Waals surface area (Å²) in [5.41, 5.74) is 5.49. The Bertz CT molecular complexity index is 1240. The van der Waals surface area contributed by atoms with Crippen molar-refractivity contribution in [2.75, 3.05) is 6.54 Å². The molecule has 2 atom stereocenters. The van der Waals surface area contributed by atoms with E-state index in [2.05, 4.69) is 27.0 Å². The molecule has 1 aliphatic carbocycles. The minimum Gasteiger partial charge on any atom is -0.406 e. The molecule has 1 saturated heterocycles. The van der Waals surface area contributed by atoms with Crippen molar-refractivity contribution in [1.82, 2.24) is 20.0 Å². The summed E-state index contributed by atoms with van der Waals surface area (Å²) in [5.74, 6) is 3.91. The zero-order valence-electron chi connectivity index (χ0n) is 20.0. The molecule has 0 spiro atoms. The lowest BCUT2D eigenvalue weighted by molar-refractivity contribution is -0.274. The molecule has 0 radical (unpaired) electrons. The highest BCUT2D eigenvalue weighted by Gasteiger charge is 2.55. The molecule has 0 bridgehead atoms. The quantitative estimate of drug-likeness (QED) is 0.543. The number of benzene rings is 1. The van der Waals surface area contributed by atoms with Gasteiger partial charge in [0, 0.05) is 19.8 Å². The van der Waals surface area contributed by atoms with E-state index in [1.54, 1.807) is 24.0 Å². The van der Waals surface area contributed by atoms with Gasteiger partial charge in [-0.15, -0.1) is 13.2 Å². The zero-order valence-corrected chi connectivity index (χ0v) is 20.0. The molecule has 1 saturated carbocycles. The highest BCUT2D eigenvalue weighted by molar-refractivity contribution is 5.96. The van der Waals surface area contributed by atoms with Crippen LogP contribution in [0.2, 0.25) is 0 Å². The molecular formula is C25H26F3N5O4. The number of nitrogens with two attached hydrogens (primary N) is 1. The van der Waals surface area contributed by atoms with Crippen LogP contribution in [0.15, 0.2) is 36.5 Å². The third-order valence-corrected chi connectivity index (χ3v) is 6.43. The fraction of sp³-hybridized carbons (Fsp3) is 0.440. The van der Waals surface area contributed by atoms with Gasteiger partial charge in [0.25, 0.3) is 0 Å². The van der Waals surface area contributed by atoms with Gasteiger partial charge in [-0.2, -0.15) is 5.10 Å². The van der Waals surface area contributed by atoms with E-state index in [0.717, 1.165) is 0 Å². The number of carbonyl (C=O) groups is 3. The molecule has 1 aromatic carbocycles. The van der Waals surface area contributed by atoms with Crippen LogP contribution in [-0.4, -0.2) is 57.4 Å². The number of hydrogen-bond donors (Lipinski definition) is 2. The number of ether oxygens (including phenoxy) is 1. The second-order valence-corrected chi connectivity index (χ2v) is 9.19. The maximum absolute atomic E-state index is 13.6. The molecule has 2 fully saturated rings. The van der Waals surface area contributed by atoms with E-state index < -0.39 is 35.7 Å². The largest absolute Gasteiger partial charge is 0.573 e. The summed E-state index contributed by atoms with van der Waals surface area (Å²) in [6.45, 7) is 0.369. The topological polar surface area (TPSA) is 120 Å². The second kappa shape index (κ2) is 10.2. The lowest BCUT2D eigenvalue weighted by atomic mass is 9.93. The van der Waals surface area contributed by atoms with Crippen LogP contribution in [-0.2, 0) is 26.8 Å². The van der Waals surface area contributed by atoms with Crippen molar-refractivity contribution in [3.63, 3.8) is 0 Å². The summed E-state index contributed by atoms with van der Waals surface area (Å²) >= 11 is 0. The fourth-order valence-corrected chi connectivity index (χ4v) is 4.53. The number of carbonyl (C=O) groups excluding carboxylic acids is 3. The third-order valence-electron chi connectivity index (χ3n) is 6.43. The number of alkyl halides is 3. The van der Waals surface area contributed by atoms with E-state index in [4.69, 9.17) is 5.73 Å². The van der Waals surface area contributed by atoms with Crippen LogP contribution in [0.5, 0.6) is 5.75 Å². The van der Waals surface area contributed by atoms with Crippen molar-refractivity contribution in [2.24, 2.45) is 12.8 Å². The number of nitrogens with one attached hydrogen (secondary N) is 1. The molecular weight excluding hydrogens is 491 g/mol. The Kier molecular flexibility index (Phi) is 7.16. The minimum atomic E-state index is -4.81. The van der Waals surface area contributed by atoms with E-state index in [1.807, 2.05) is 0 Å². The molecule has 12 heteroatoms. The summed E-state index contributed by atoms with van der Waals surface area (Å²) in [4.78, 5) is 39.8. The molecule has 9 nitrogen and oxygen atoms in total. The predicted molar refractivity (Wildman–Crippen MR) is 125 cm³/mol. The normalized spacial score (nSPS) is 18.9. The lowest BCUT2D eigenvalue weighted by Gasteiger charge is -2.29. The number of amides is 3. The van der Waals surface area contributed by atoms with E-state index in [-0.39, 0.29) is 18.1 Å². The summed E-state index contributed by atoms with van der Waals surface area (Å²) in [5, 5.41) is 6.87. The number of rotatable bonds is 7. The van der Waals surface area contributed by atoms with Crippen LogP contribution in [0, 0.1) is 11.8 Å². The third kappa shape index (κ3) is 6.22. The zero-order chi connectivity index (χ0) is 26.8. The molecule has 4 rings (SSSR count). The summed E-state index contributed by atoms with van der Waals surface area (Å²) in [7, 11) is 1.73. The van der Waals surface area contributed by atoms with Gasteiger partial charge in [0.15, 0.2) is 0 Å². The lowest BCUT2D eigenvalue weighted by Crippen LogP contribution is -2.51. The van der Waals surface area contributed by atoms with Crippen LogP contribution in [0.4, 0.5) is 13.2 Å². The van der Waals surface area contributed by atoms with Crippen molar-refractivity contribution in [2.45, 2.75) is 56.0 Å². The fourth-order valence-electron chi connectivity index (χ4n) is 4.53. The Hall–Kier alpha value is -4.01. The molecule has 2 heterocycles. The Balaban J connectivity index is 1.46. The van der Waals surface area contributed by atoms with E-state index in [9.17, 15) is 27.6 Å². The standard InChI is InChI=1S/C25H26F3N5O4/c1-32-14-10-17(31-32)6-7-18(15-21(29)34)30-22(35)20-3-2-13-33(20)23(36)24(11-12-24)16-4-8-19(9-5-16)37-25(26,27)28/h4-5,8-10,14,18,20H,2-3,11-13,15H2,1H3,(H2,29,34)(H,30,35)/t18-,20+/m1/s1. The summed E-state index contributed by atoms with van der Waals surface area (Å²) in [6, 6.07) is 5.33. The van der Waals surface area contributed by atoms with E-state index >= 15 is 0 Å². The molecule has 37 heavy (non-hydrogen) atoms. The van der Waals surface area contributed by atoms with Gasteiger partial charge < -0.3 is 20.7 Å². The molecule has 2 aromatic rings. The molecule has 1 aromatic heterocycles. The van der Waals surface area contributed by atoms with Crippen LogP contribution in [0.25, 0.3) is 0 Å². The van der Waals surface area contributed by atoms with E-state index in [0.29, 0.717) is 43.5 Å². The van der Waals surface area contributed by atoms with Crippen LogP contribution >= 0.6 is 0 Å². The maximum Gasteiger partial charge on any atom is 0.573 e. The van der Waals surface area contributed by atoms with Gasteiger partial charge in [-0.3, -0.25) is 19.1 Å². The van der Waals surface area contributed by atoms with Gasteiger partial charge in [-0.25, -0.2) is 0 Å². The molecule has 196 valence electrons. The first kappa shape index (κ1) is 26.1. The van der Waals surface area contributed by atoms with Crippen LogP contribution in [0.1, 0.15) is 43.4 Å². The number of likely N-dealkylation sites (tertiary alicyclic amines) is 1. The highest BCUT2D eigenvalue weighted by Crippen LogP contribution is 2.50. The molecule has 1 aliphatic heterocycles. The Morgan fingerprint density at radius 3 is 2.51 bits per heavy atom. The summed E-state index contributed by atoms with van der Waals surface area (Å²) in [6.07, 6.45) is -1.22. The Morgan fingerprint density at radius 2 is 1.95 bits per heavy atom. The van der Waals surface area contributed by atoms with Crippen molar-refractivity contribution < 1.29 is 32.3 Å². The van der Waals surface area contributed by atoms with Crippen molar-refractivity contribution in [3.8, 4) is 17.6 Å². The van der Waals surface area contributed by atoms with Crippen LogP contribution in [0.3, 0.4) is 0 Å². The first-order chi connectivity index (χ1) is 17.5. The molecule has 3 N–H and O–H groups in total. The number of aromatic nitrogens is 2. The first-order valence-electron chi connectivity index (χ1n) is 11.7.